The van der Waals surface area contributed by atoms with Crippen molar-refractivity contribution in [3.63, 3.8) is 0 Å². The molecule has 2 aromatic heterocycles. The van der Waals surface area contributed by atoms with Gasteiger partial charge in [-0.3, -0.25) is 9.71 Å². The minimum Gasteiger partial charge on any atom is -0.495 e. The molecule has 29 heavy (non-hydrogen) atoms. The van der Waals surface area contributed by atoms with Crippen molar-refractivity contribution in [1.29, 1.82) is 0 Å². The Hall–Kier alpha value is -2.62. The van der Waals surface area contributed by atoms with Gasteiger partial charge < -0.3 is 15.0 Å². The van der Waals surface area contributed by atoms with E-state index in [-0.39, 0.29) is 4.21 Å². The average molecular weight is 431 g/mol. The maximum atomic E-state index is 12.9. The topological polar surface area (TPSA) is 83.6 Å². The highest BCUT2D eigenvalue weighted by Gasteiger charge is 2.20. The zero-order valence-corrected chi connectivity index (χ0v) is 17.6. The summed E-state index contributed by atoms with van der Waals surface area (Å²) in [7, 11) is -2.08. The highest BCUT2D eigenvalue weighted by molar-refractivity contribution is 7.94. The number of ether oxygens (including phenoxy) is 1. The van der Waals surface area contributed by atoms with Crippen molar-refractivity contribution in [3.8, 4) is 16.3 Å². The van der Waals surface area contributed by atoms with Crippen LogP contribution in [0.15, 0.2) is 58.9 Å². The van der Waals surface area contributed by atoms with E-state index >= 15 is 0 Å². The molecule has 0 aliphatic carbocycles. The number of rotatable bonds is 6. The van der Waals surface area contributed by atoms with Crippen LogP contribution in [0.4, 0.5) is 11.4 Å². The SMILES string of the molecule is COc1ccc(NS(=O)(=O)c2ccc(-c3ccccn3)s2)cc1N1CCNCC1. The molecule has 0 saturated carbocycles. The predicted molar refractivity (Wildman–Crippen MR) is 116 cm³/mol. The van der Waals surface area contributed by atoms with Crippen molar-refractivity contribution in [2.24, 2.45) is 0 Å². The number of methoxy groups -OCH3 is 1. The van der Waals surface area contributed by atoms with E-state index < -0.39 is 10.0 Å². The summed E-state index contributed by atoms with van der Waals surface area (Å²) in [5, 5.41) is 3.31. The van der Waals surface area contributed by atoms with Crippen LogP contribution in [0, 0.1) is 0 Å². The second kappa shape index (κ2) is 8.40. The molecule has 1 aromatic carbocycles. The predicted octanol–water partition coefficient (Wildman–Crippen LogP) is 3.03. The molecule has 2 N–H and O–H groups in total. The molecule has 1 fully saturated rings. The Morgan fingerprint density at radius 3 is 2.69 bits per heavy atom. The minimum atomic E-state index is -3.70. The molecule has 0 radical (unpaired) electrons. The Morgan fingerprint density at radius 1 is 1.14 bits per heavy atom. The number of nitrogens with one attached hydrogen (secondary N) is 2. The summed E-state index contributed by atoms with van der Waals surface area (Å²) in [5.41, 5.74) is 2.14. The summed E-state index contributed by atoms with van der Waals surface area (Å²) < 4.78 is 34.2. The number of sulfonamides is 1. The first-order valence-electron chi connectivity index (χ1n) is 9.24. The maximum absolute atomic E-state index is 12.9. The summed E-state index contributed by atoms with van der Waals surface area (Å²) in [4.78, 5) is 7.28. The van der Waals surface area contributed by atoms with Gasteiger partial charge in [-0.1, -0.05) is 6.07 Å². The molecule has 3 aromatic rings. The maximum Gasteiger partial charge on any atom is 0.271 e. The minimum absolute atomic E-state index is 0.248. The number of thiophene rings is 1. The van der Waals surface area contributed by atoms with Crippen molar-refractivity contribution >= 4 is 32.7 Å². The fourth-order valence-corrected chi connectivity index (χ4v) is 5.55. The van der Waals surface area contributed by atoms with Crippen LogP contribution in [0.25, 0.3) is 10.6 Å². The van der Waals surface area contributed by atoms with Gasteiger partial charge in [-0.2, -0.15) is 0 Å². The van der Waals surface area contributed by atoms with Crippen molar-refractivity contribution in [2.75, 3.05) is 42.9 Å². The molecule has 0 bridgehead atoms. The Balaban J connectivity index is 1.59. The Bertz CT molecular complexity index is 1080. The van der Waals surface area contributed by atoms with Crippen molar-refractivity contribution < 1.29 is 13.2 Å². The normalized spacial score (nSPS) is 14.6. The first kappa shape index (κ1) is 19.7. The van der Waals surface area contributed by atoms with Crippen LogP contribution in [0.5, 0.6) is 5.75 Å². The van der Waals surface area contributed by atoms with Crippen molar-refractivity contribution in [2.45, 2.75) is 4.21 Å². The van der Waals surface area contributed by atoms with Gasteiger partial charge in [-0.25, -0.2) is 8.42 Å². The standard InChI is InChI=1S/C20H22N4O3S2/c1-27-18-6-5-15(14-17(18)24-12-10-21-11-13-24)23-29(25,26)20-8-7-19(28-20)16-4-2-3-9-22-16/h2-9,14,21,23H,10-13H2,1H3. The van der Waals surface area contributed by atoms with Gasteiger partial charge in [0.25, 0.3) is 10.0 Å². The van der Waals surface area contributed by atoms with Crippen LogP contribution in [0.2, 0.25) is 0 Å². The van der Waals surface area contributed by atoms with E-state index in [1.54, 1.807) is 37.6 Å². The third-order valence-corrected chi connectivity index (χ3v) is 7.63. The molecule has 4 rings (SSSR count). The van der Waals surface area contributed by atoms with Crippen molar-refractivity contribution in [1.82, 2.24) is 10.3 Å². The van der Waals surface area contributed by atoms with E-state index in [9.17, 15) is 8.42 Å². The number of anilines is 2. The number of benzene rings is 1. The molecule has 0 amide bonds. The molecule has 0 unspecified atom stereocenters. The van der Waals surface area contributed by atoms with Gasteiger partial charge in [0.05, 0.1) is 29.1 Å². The van der Waals surface area contributed by atoms with Crippen LogP contribution >= 0.6 is 11.3 Å². The van der Waals surface area contributed by atoms with Crippen LogP contribution in [0.3, 0.4) is 0 Å². The molecule has 1 aliphatic heterocycles. The molecular weight excluding hydrogens is 408 g/mol. The van der Waals surface area contributed by atoms with E-state index in [1.807, 2.05) is 24.3 Å². The Labute approximate surface area is 174 Å². The van der Waals surface area contributed by atoms with Gasteiger partial charge in [0, 0.05) is 32.4 Å². The fraction of sp³-hybridized carbons (Fsp3) is 0.250. The van der Waals surface area contributed by atoms with E-state index in [0.717, 1.165) is 48.2 Å². The number of nitrogens with zero attached hydrogens (tertiary/aromatic N) is 2. The van der Waals surface area contributed by atoms with Gasteiger partial charge >= 0.3 is 0 Å². The zero-order chi connectivity index (χ0) is 20.3. The zero-order valence-electron chi connectivity index (χ0n) is 16.0. The van der Waals surface area contributed by atoms with Gasteiger partial charge in [0.15, 0.2) is 0 Å². The second-order valence-corrected chi connectivity index (χ2v) is 9.56. The average Bonchev–Trinajstić information content (AvgIpc) is 3.26. The first-order chi connectivity index (χ1) is 14.1. The van der Waals surface area contributed by atoms with E-state index in [1.165, 1.54) is 11.3 Å². The van der Waals surface area contributed by atoms with E-state index in [0.29, 0.717) is 5.69 Å². The quantitative estimate of drug-likeness (QED) is 0.626. The van der Waals surface area contributed by atoms with Crippen LogP contribution in [-0.4, -0.2) is 46.7 Å². The molecule has 1 saturated heterocycles. The van der Waals surface area contributed by atoms with Crippen molar-refractivity contribution in [3.05, 3.63) is 54.7 Å². The van der Waals surface area contributed by atoms with E-state index in [4.69, 9.17) is 4.74 Å². The van der Waals surface area contributed by atoms with E-state index in [2.05, 4.69) is 19.9 Å². The first-order valence-corrected chi connectivity index (χ1v) is 11.5. The number of hydrogen-bond acceptors (Lipinski definition) is 7. The third kappa shape index (κ3) is 4.36. The number of hydrogen-bond donors (Lipinski definition) is 2. The van der Waals surface area contributed by atoms with Crippen LogP contribution in [-0.2, 0) is 10.0 Å². The summed E-state index contributed by atoms with van der Waals surface area (Å²) in [6.45, 7) is 3.44. The molecule has 1 aliphatic rings. The van der Waals surface area contributed by atoms with Gasteiger partial charge in [-0.15, -0.1) is 11.3 Å². The van der Waals surface area contributed by atoms with Gasteiger partial charge in [0.1, 0.15) is 9.96 Å². The molecular formula is C20H22N4O3S2. The van der Waals surface area contributed by atoms with Gasteiger partial charge in [-0.05, 0) is 42.5 Å². The molecule has 3 heterocycles. The van der Waals surface area contributed by atoms with Crippen LogP contribution in [0.1, 0.15) is 0 Å². The summed E-state index contributed by atoms with van der Waals surface area (Å²) >= 11 is 1.20. The lowest BCUT2D eigenvalue weighted by Gasteiger charge is -2.30. The number of aromatic nitrogens is 1. The molecule has 9 heteroatoms. The fourth-order valence-electron chi connectivity index (χ4n) is 3.22. The second-order valence-electron chi connectivity index (χ2n) is 6.56. The Morgan fingerprint density at radius 2 is 1.97 bits per heavy atom. The lowest BCUT2D eigenvalue weighted by molar-refractivity contribution is 0.413. The molecule has 152 valence electrons. The third-order valence-electron chi connectivity index (χ3n) is 4.65. The molecule has 7 nitrogen and oxygen atoms in total. The summed E-state index contributed by atoms with van der Waals surface area (Å²) in [6, 6.07) is 14.3. The monoisotopic (exact) mass is 430 g/mol. The highest BCUT2D eigenvalue weighted by Crippen LogP contribution is 2.34. The summed E-state index contributed by atoms with van der Waals surface area (Å²) in [6.07, 6.45) is 1.69. The Kier molecular flexibility index (Phi) is 5.70. The largest absolute Gasteiger partial charge is 0.495 e. The highest BCUT2D eigenvalue weighted by atomic mass is 32.2. The lowest BCUT2D eigenvalue weighted by atomic mass is 10.2. The van der Waals surface area contributed by atoms with Gasteiger partial charge in [0.2, 0.25) is 0 Å². The summed E-state index contributed by atoms with van der Waals surface area (Å²) in [5.74, 6) is 0.725. The number of pyridine rings is 1. The molecule has 0 atom stereocenters. The number of piperazine rings is 1. The van der Waals surface area contributed by atoms with Crippen LogP contribution < -0.4 is 19.7 Å². The lowest BCUT2D eigenvalue weighted by Crippen LogP contribution is -2.43. The molecule has 0 spiro atoms. The smallest absolute Gasteiger partial charge is 0.271 e.